The zero-order valence-electron chi connectivity index (χ0n) is 12.1. The van der Waals surface area contributed by atoms with Gasteiger partial charge in [0.2, 0.25) is 10.0 Å². The van der Waals surface area contributed by atoms with Crippen LogP contribution >= 0.6 is 0 Å². The highest BCUT2D eigenvalue weighted by atomic mass is 32.2. The van der Waals surface area contributed by atoms with E-state index in [1.807, 2.05) is 13.8 Å². The molecule has 2 rings (SSSR count). The summed E-state index contributed by atoms with van der Waals surface area (Å²) < 4.78 is 33.2. The Morgan fingerprint density at radius 2 is 2.29 bits per heavy atom. The molecule has 21 heavy (non-hydrogen) atoms. The lowest BCUT2D eigenvalue weighted by Crippen LogP contribution is -2.50. The summed E-state index contributed by atoms with van der Waals surface area (Å²) in [7, 11) is -3.64. The molecule has 6 heteroatoms. The molecular weight excluding hydrogens is 290 g/mol. The van der Waals surface area contributed by atoms with Crippen molar-refractivity contribution in [3.8, 4) is 11.8 Å². The second kappa shape index (κ2) is 6.16. The number of hydrogen-bond acceptors (Lipinski definition) is 4. The minimum absolute atomic E-state index is 0.160. The number of aliphatic hydroxyl groups excluding tert-OH is 1. The predicted octanol–water partition coefficient (Wildman–Crippen LogP) is 0.876. The van der Waals surface area contributed by atoms with Crippen molar-refractivity contribution in [2.75, 3.05) is 13.2 Å². The summed E-state index contributed by atoms with van der Waals surface area (Å²) >= 11 is 0. The van der Waals surface area contributed by atoms with Crippen molar-refractivity contribution >= 4 is 10.0 Å². The highest BCUT2D eigenvalue weighted by Crippen LogP contribution is 2.27. The Balaban J connectivity index is 2.27. The van der Waals surface area contributed by atoms with Crippen LogP contribution in [0.2, 0.25) is 0 Å². The molecule has 1 aliphatic heterocycles. The molecular formula is C15H19NO4S. The fraction of sp³-hybridized carbons (Fsp3) is 0.467. The summed E-state index contributed by atoms with van der Waals surface area (Å²) in [6, 6.07) is 6.35. The van der Waals surface area contributed by atoms with Crippen LogP contribution in [0.15, 0.2) is 29.2 Å². The van der Waals surface area contributed by atoms with Gasteiger partial charge in [0.05, 0.1) is 16.5 Å². The van der Waals surface area contributed by atoms with Crippen LogP contribution in [-0.4, -0.2) is 38.4 Å². The lowest BCUT2D eigenvalue weighted by molar-refractivity contribution is 0.0957. The van der Waals surface area contributed by atoms with Crippen LogP contribution in [0.25, 0.3) is 0 Å². The fourth-order valence-corrected chi connectivity index (χ4v) is 3.76. The number of ether oxygens (including phenoxy) is 1. The minimum atomic E-state index is -3.64. The summed E-state index contributed by atoms with van der Waals surface area (Å²) in [5.74, 6) is 5.20. The van der Waals surface area contributed by atoms with Crippen molar-refractivity contribution in [1.29, 1.82) is 0 Å². The molecule has 0 radical (unpaired) electrons. The van der Waals surface area contributed by atoms with Gasteiger partial charge < -0.3 is 9.84 Å². The molecule has 1 aromatic carbocycles. The van der Waals surface area contributed by atoms with Crippen molar-refractivity contribution in [3.05, 3.63) is 29.8 Å². The normalized spacial score (nSPS) is 25.4. The second-order valence-corrected chi connectivity index (χ2v) is 6.96. The van der Waals surface area contributed by atoms with Crippen molar-refractivity contribution in [1.82, 2.24) is 4.72 Å². The summed E-state index contributed by atoms with van der Waals surface area (Å²) in [6.07, 6.45) is 0.460. The van der Waals surface area contributed by atoms with Gasteiger partial charge in [-0.15, -0.1) is 0 Å². The van der Waals surface area contributed by atoms with E-state index in [-0.39, 0.29) is 17.6 Å². The van der Waals surface area contributed by atoms with Crippen LogP contribution in [0, 0.1) is 11.8 Å². The Kier molecular flexibility index (Phi) is 4.69. The monoisotopic (exact) mass is 309 g/mol. The van der Waals surface area contributed by atoms with Crippen LogP contribution in [0.3, 0.4) is 0 Å². The first-order valence-electron chi connectivity index (χ1n) is 6.73. The Morgan fingerprint density at radius 3 is 2.90 bits per heavy atom. The maximum absolute atomic E-state index is 12.5. The predicted molar refractivity (Wildman–Crippen MR) is 79.2 cm³/mol. The molecule has 114 valence electrons. The van der Waals surface area contributed by atoms with Gasteiger partial charge in [-0.05, 0) is 38.5 Å². The molecule has 0 bridgehead atoms. The van der Waals surface area contributed by atoms with Crippen molar-refractivity contribution in [3.63, 3.8) is 0 Å². The third-order valence-electron chi connectivity index (χ3n) is 3.71. The van der Waals surface area contributed by atoms with Crippen molar-refractivity contribution in [2.45, 2.75) is 36.8 Å². The lowest BCUT2D eigenvalue weighted by atomic mass is 9.97. The number of aliphatic hydroxyl groups is 1. The van der Waals surface area contributed by atoms with Crippen molar-refractivity contribution < 1.29 is 18.3 Å². The van der Waals surface area contributed by atoms with E-state index in [0.29, 0.717) is 18.6 Å². The Labute approximate surface area is 125 Å². The molecule has 1 heterocycles. The summed E-state index contributed by atoms with van der Waals surface area (Å²) in [4.78, 5) is 0.160. The van der Waals surface area contributed by atoms with Gasteiger partial charge in [-0.2, -0.15) is 0 Å². The molecule has 0 spiro atoms. The first kappa shape index (κ1) is 16.0. The van der Waals surface area contributed by atoms with E-state index in [2.05, 4.69) is 16.6 Å². The topological polar surface area (TPSA) is 75.6 Å². The van der Waals surface area contributed by atoms with Gasteiger partial charge in [0, 0.05) is 12.2 Å². The van der Waals surface area contributed by atoms with Gasteiger partial charge in [0.25, 0.3) is 0 Å². The number of sulfonamides is 1. The number of hydrogen-bond donors (Lipinski definition) is 2. The van der Waals surface area contributed by atoms with Gasteiger partial charge in [0.15, 0.2) is 0 Å². The Bertz CT molecular complexity index is 674. The smallest absolute Gasteiger partial charge is 0.241 e. The largest absolute Gasteiger partial charge is 0.384 e. The van der Waals surface area contributed by atoms with Crippen LogP contribution in [0.4, 0.5) is 0 Å². The molecule has 2 unspecified atom stereocenters. The Hall–Kier alpha value is -1.39. The lowest BCUT2D eigenvalue weighted by Gasteiger charge is -2.28. The molecule has 0 saturated carbocycles. The fourth-order valence-electron chi connectivity index (χ4n) is 2.22. The van der Waals surface area contributed by atoms with Crippen molar-refractivity contribution in [2.24, 2.45) is 0 Å². The Morgan fingerprint density at radius 1 is 1.52 bits per heavy atom. The highest BCUT2D eigenvalue weighted by Gasteiger charge is 2.40. The summed E-state index contributed by atoms with van der Waals surface area (Å²) in [5, 5.41) is 8.69. The van der Waals surface area contributed by atoms with E-state index in [9.17, 15) is 8.42 Å². The van der Waals surface area contributed by atoms with E-state index in [1.165, 1.54) is 12.1 Å². The standard InChI is InChI=1S/C15H19NO4S/c1-12-15(2,8-10-20-12)16-21(18,19)14-7-3-5-13(11-14)6-4-9-17/h3,5,7,11-12,16-17H,8-10H2,1-2H3. The summed E-state index contributed by atoms with van der Waals surface area (Å²) in [5.41, 5.74) is -0.0567. The molecule has 2 atom stereocenters. The third kappa shape index (κ3) is 3.63. The van der Waals surface area contributed by atoms with E-state index >= 15 is 0 Å². The molecule has 0 amide bonds. The quantitative estimate of drug-likeness (QED) is 0.813. The first-order chi connectivity index (χ1) is 9.87. The molecule has 5 nitrogen and oxygen atoms in total. The molecule has 0 aromatic heterocycles. The minimum Gasteiger partial charge on any atom is -0.384 e. The van der Waals surface area contributed by atoms with Gasteiger partial charge in [-0.25, -0.2) is 13.1 Å². The molecule has 1 aliphatic rings. The van der Waals surface area contributed by atoms with Gasteiger partial charge in [-0.3, -0.25) is 0 Å². The average Bonchev–Trinajstić information content (AvgIpc) is 2.75. The molecule has 1 aromatic rings. The number of benzene rings is 1. The molecule has 0 aliphatic carbocycles. The van der Waals surface area contributed by atoms with E-state index in [1.54, 1.807) is 12.1 Å². The molecule has 2 N–H and O–H groups in total. The molecule has 1 fully saturated rings. The second-order valence-electron chi connectivity index (χ2n) is 5.27. The van der Waals surface area contributed by atoms with E-state index < -0.39 is 15.6 Å². The number of rotatable bonds is 3. The average molecular weight is 309 g/mol. The third-order valence-corrected chi connectivity index (χ3v) is 5.32. The number of nitrogens with one attached hydrogen (secondary N) is 1. The SMILES string of the molecule is CC1OCCC1(C)NS(=O)(=O)c1cccc(C#CCO)c1. The van der Waals surface area contributed by atoms with E-state index in [0.717, 1.165) is 0 Å². The van der Waals surface area contributed by atoms with Gasteiger partial charge in [0.1, 0.15) is 6.61 Å². The zero-order valence-corrected chi connectivity index (χ0v) is 12.9. The first-order valence-corrected chi connectivity index (χ1v) is 8.21. The van der Waals surface area contributed by atoms with Crippen LogP contribution in [0.1, 0.15) is 25.8 Å². The molecule has 1 saturated heterocycles. The zero-order chi connectivity index (χ0) is 15.5. The van der Waals surface area contributed by atoms with Crippen LogP contribution in [0.5, 0.6) is 0 Å². The summed E-state index contributed by atoms with van der Waals surface area (Å²) in [6.45, 7) is 3.99. The van der Waals surface area contributed by atoms with Gasteiger partial charge >= 0.3 is 0 Å². The maximum atomic E-state index is 12.5. The van der Waals surface area contributed by atoms with Crippen LogP contribution in [-0.2, 0) is 14.8 Å². The van der Waals surface area contributed by atoms with Crippen LogP contribution < -0.4 is 4.72 Å². The van der Waals surface area contributed by atoms with E-state index in [4.69, 9.17) is 9.84 Å². The maximum Gasteiger partial charge on any atom is 0.241 e. The van der Waals surface area contributed by atoms with Gasteiger partial charge in [-0.1, -0.05) is 17.9 Å². The highest BCUT2D eigenvalue weighted by molar-refractivity contribution is 7.89.